The summed E-state index contributed by atoms with van der Waals surface area (Å²) < 4.78 is 8.90. The quantitative estimate of drug-likeness (QED) is 0.0598. The molecule has 2 atom stereocenters. The predicted octanol–water partition coefficient (Wildman–Crippen LogP) is 1.55. The van der Waals surface area contributed by atoms with Crippen molar-refractivity contribution in [1.82, 2.24) is 0 Å². The Labute approximate surface area is 318 Å². The second-order valence-corrected chi connectivity index (χ2v) is 8.41. The van der Waals surface area contributed by atoms with Gasteiger partial charge in [0.05, 0.1) is 17.9 Å². The van der Waals surface area contributed by atoms with Gasteiger partial charge in [-0.25, -0.2) is 28.8 Å². The van der Waals surface area contributed by atoms with E-state index < -0.39 is 60.0 Å². The molecular weight excluding hydrogens is 805 g/mol. The Hall–Kier alpha value is -4.29. The van der Waals surface area contributed by atoms with Crippen LogP contribution in [0.2, 0.25) is 0 Å². The third-order valence-corrected chi connectivity index (χ3v) is 4.04. The molecule has 0 aliphatic rings. The van der Waals surface area contributed by atoms with E-state index >= 15 is 0 Å². The number of carbonyl (C=O) groups excluding carboxylic acids is 2. The van der Waals surface area contributed by atoms with Crippen molar-refractivity contribution in [3.05, 3.63) is 47.3 Å². The first-order valence-corrected chi connectivity index (χ1v) is 12.5. The van der Waals surface area contributed by atoms with Gasteiger partial charge in [-0.1, -0.05) is 6.58 Å². The third-order valence-electron chi connectivity index (χ3n) is 4.04. The molecule has 287 valence electrons. The van der Waals surface area contributed by atoms with Gasteiger partial charge in [0.2, 0.25) is 0 Å². The van der Waals surface area contributed by atoms with Gasteiger partial charge in [-0.05, 0) is 27.7 Å². The first kappa shape index (κ1) is 64.3. The maximum Gasteiger partial charge on any atom is 0.332 e. The second-order valence-electron chi connectivity index (χ2n) is 8.41. The van der Waals surface area contributed by atoms with Gasteiger partial charge < -0.3 is 50.3 Å². The number of carboxylic acid groups (broad SMARTS) is 7. The van der Waals surface area contributed by atoms with Crippen molar-refractivity contribution in [1.29, 1.82) is 0 Å². The normalized spacial score (nSPS) is 11.0. The zero-order valence-corrected chi connectivity index (χ0v) is 31.3. The molecule has 0 spiro atoms. The van der Waals surface area contributed by atoms with E-state index in [1.54, 1.807) is 0 Å². The van der Waals surface area contributed by atoms with Crippen molar-refractivity contribution in [2.24, 2.45) is 0 Å². The van der Waals surface area contributed by atoms with E-state index in [9.17, 15) is 38.4 Å². The minimum atomic E-state index is -1.32. The summed E-state index contributed by atoms with van der Waals surface area (Å²) in [7, 11) is 0. The molecule has 0 fully saturated rings. The molecule has 19 nitrogen and oxygen atoms in total. The molecule has 50 heavy (non-hydrogen) atoms. The number of aliphatic carboxylic acids is 7. The fourth-order valence-corrected chi connectivity index (χ4v) is 2.23. The first-order valence-electron chi connectivity index (χ1n) is 12.5. The largest absolute Gasteiger partial charge is 0.481 e. The van der Waals surface area contributed by atoms with Gasteiger partial charge in [0, 0.05) is 114 Å². The zero-order chi connectivity index (χ0) is 38.6. The Morgan fingerprint density at radius 3 is 1.04 bits per heavy atom. The number of hydrogen-bond acceptors (Lipinski definition) is 12. The van der Waals surface area contributed by atoms with Gasteiger partial charge in [0.1, 0.15) is 6.10 Å². The summed E-state index contributed by atoms with van der Waals surface area (Å²) in [5.41, 5.74) is -1.02. The first-order chi connectivity index (χ1) is 21.2. The Kier molecular flexibility index (Phi) is 48.2. The van der Waals surface area contributed by atoms with E-state index in [0.29, 0.717) is 12.2 Å². The van der Waals surface area contributed by atoms with Crippen molar-refractivity contribution in [2.45, 2.75) is 73.5 Å². The minimum Gasteiger partial charge on any atom is -0.481 e. The topological polar surface area (TPSA) is 334 Å². The van der Waals surface area contributed by atoms with Gasteiger partial charge in [-0.2, -0.15) is 0 Å². The van der Waals surface area contributed by atoms with Crippen LogP contribution in [-0.2, 0) is 104 Å². The summed E-state index contributed by atoms with van der Waals surface area (Å²) in [5.74, 6) is -9.42. The number of hydrogen-bond donors (Lipinski definition) is 8. The maximum atomic E-state index is 10.8. The summed E-state index contributed by atoms with van der Waals surface area (Å²) >= 11 is 0. The monoisotopic (exact) mass is 845 g/mol. The molecule has 0 aliphatic carbocycles. The van der Waals surface area contributed by atoms with Crippen LogP contribution in [0.5, 0.6) is 0 Å². The van der Waals surface area contributed by atoms with Crippen LogP contribution in [0.3, 0.4) is 0 Å². The van der Waals surface area contributed by atoms with Crippen LogP contribution in [0.4, 0.5) is 0 Å². The number of carbonyl (C=O) groups is 9. The summed E-state index contributed by atoms with van der Waals surface area (Å²) in [4.78, 5) is 90.9. The zero-order valence-electron chi connectivity index (χ0n) is 27.7. The van der Waals surface area contributed by atoms with Gasteiger partial charge in [0.25, 0.3) is 5.97 Å². The van der Waals surface area contributed by atoms with Crippen LogP contribution >= 0.6 is 0 Å². The predicted molar refractivity (Wildman–Crippen MR) is 158 cm³/mol. The van der Waals surface area contributed by atoms with Crippen LogP contribution < -0.4 is 0 Å². The Morgan fingerprint density at radius 2 is 0.880 bits per heavy atom. The molecule has 8 N–H and O–H groups in total. The second kappa shape index (κ2) is 37.5. The fraction of sp³-hybridized carbons (Fsp3) is 0.393. The van der Waals surface area contributed by atoms with Crippen LogP contribution in [-0.4, -0.2) is 107 Å². The van der Waals surface area contributed by atoms with E-state index in [1.807, 2.05) is 0 Å². The van der Waals surface area contributed by atoms with Crippen molar-refractivity contribution in [3.63, 3.8) is 0 Å². The van der Waals surface area contributed by atoms with Crippen molar-refractivity contribution < 1.29 is 145 Å². The van der Waals surface area contributed by atoms with Gasteiger partial charge in [-0.3, -0.25) is 14.4 Å². The molecule has 0 aromatic heterocycles. The van der Waals surface area contributed by atoms with Crippen LogP contribution in [0.25, 0.3) is 0 Å². The Balaban J connectivity index is -0.0000000778. The summed E-state index contributed by atoms with van der Waals surface area (Å²) in [6, 6.07) is 0. The molecule has 3 radical (unpaired) electrons. The minimum absolute atomic E-state index is 0. The van der Waals surface area contributed by atoms with Crippen LogP contribution in [0.1, 0.15) is 61.3 Å². The number of ether oxygens (including phenoxy) is 2. The van der Waals surface area contributed by atoms with E-state index in [1.165, 1.54) is 41.5 Å². The Morgan fingerprint density at radius 1 is 0.580 bits per heavy atom. The molecule has 0 aromatic carbocycles. The number of esters is 2. The average molecular weight is 845 g/mol. The number of rotatable bonds is 12. The van der Waals surface area contributed by atoms with Gasteiger partial charge in [0.15, 0.2) is 0 Å². The molecule has 0 amide bonds. The fourth-order valence-electron chi connectivity index (χ4n) is 2.23. The molecule has 0 saturated heterocycles. The van der Waals surface area contributed by atoms with Crippen LogP contribution in [0, 0.1) is 0 Å². The molecular formula is C28H40Mn3O19. The summed E-state index contributed by atoms with van der Waals surface area (Å²) in [6.07, 6.45) is 0.395. The number of carboxylic acids is 7. The van der Waals surface area contributed by atoms with E-state index in [2.05, 4.69) is 11.3 Å². The van der Waals surface area contributed by atoms with E-state index in [0.717, 1.165) is 13.2 Å². The van der Waals surface area contributed by atoms with E-state index in [-0.39, 0.29) is 92.3 Å². The average Bonchev–Trinajstić information content (AvgIpc) is 2.88. The maximum absolute atomic E-state index is 10.8. The van der Waals surface area contributed by atoms with Crippen molar-refractivity contribution in [3.8, 4) is 0 Å². The Bertz CT molecular complexity index is 1210. The SMILES string of the molecule is C=COC(C)=O.CC(=O)O.CC(=O)OC(C)CC(C(=O)O)=C(C)C(=O)O.CC(C(=O)O)=C(CC(C)O)C(=O)O.O=C(O)C=CC(=O)O.[Mn].[Mn].[Mn]. The molecule has 22 heteroatoms. The van der Waals surface area contributed by atoms with E-state index in [4.69, 9.17) is 50.4 Å². The smallest absolute Gasteiger partial charge is 0.332 e. The van der Waals surface area contributed by atoms with Crippen LogP contribution in [0.15, 0.2) is 47.3 Å². The summed E-state index contributed by atoms with van der Waals surface area (Å²) in [5, 5.41) is 66.6. The van der Waals surface area contributed by atoms with Gasteiger partial charge >= 0.3 is 47.8 Å². The number of aliphatic hydroxyl groups excluding tert-OH is 1. The third kappa shape index (κ3) is 50.6. The number of aliphatic hydroxyl groups is 1. The standard InChI is InChI=1S/C10H14O6.C8H12O5.C4H4O4.C4H6O2.C2H4O2.3Mn/c1-5(16-7(3)11)4-8(10(14)15)6(2)9(12)13;1-4(9)3-6(8(12)13)5(2)7(10)11;5-3(6)1-2-4(7)8;1-3-6-4(2)5;1-2(3)4;;;/h5H,4H2,1-3H3,(H,12,13)(H,14,15);4,9H,3H2,1-2H3,(H,10,11)(H,12,13);1-2H,(H,5,6)(H,7,8);3H,1H2,2H3;1H3,(H,3,4);;;. The van der Waals surface area contributed by atoms with Gasteiger partial charge in [-0.15, -0.1) is 0 Å². The molecule has 2 unspecified atom stereocenters. The molecule has 0 saturated carbocycles. The summed E-state index contributed by atoms with van der Waals surface area (Å²) in [6.45, 7) is 12.1. The molecule has 0 heterocycles. The van der Waals surface area contributed by atoms with Crippen molar-refractivity contribution >= 4 is 53.7 Å². The molecule has 0 aromatic rings. The molecule has 0 aliphatic heterocycles. The molecule has 0 rings (SSSR count). The molecule has 0 bridgehead atoms. The van der Waals surface area contributed by atoms with Crippen molar-refractivity contribution in [2.75, 3.05) is 0 Å².